The summed E-state index contributed by atoms with van der Waals surface area (Å²) in [6.45, 7) is 3.01. The van der Waals surface area contributed by atoms with Gasteiger partial charge in [0.1, 0.15) is 0 Å². The maximum atomic E-state index is 12.2. The van der Waals surface area contributed by atoms with Crippen LogP contribution in [0.4, 0.5) is 17.3 Å². The lowest BCUT2D eigenvalue weighted by Gasteiger charge is -2.20. The quantitative estimate of drug-likeness (QED) is 0.131. The second-order valence-electron chi connectivity index (χ2n) is 6.68. The van der Waals surface area contributed by atoms with E-state index in [1.54, 1.807) is 5.01 Å². The highest BCUT2D eigenvalue weighted by Gasteiger charge is 2.16. The molecule has 0 unspecified atom stereocenters. The van der Waals surface area contributed by atoms with Crippen molar-refractivity contribution in [3.63, 3.8) is 0 Å². The van der Waals surface area contributed by atoms with Gasteiger partial charge in [-0.1, -0.05) is 29.8 Å². The Morgan fingerprint density at radius 1 is 1.12 bits per heavy atom. The zero-order valence-corrected chi connectivity index (χ0v) is 18.5. The Morgan fingerprint density at radius 3 is 2.53 bits per heavy atom. The van der Waals surface area contributed by atoms with E-state index < -0.39 is 5.91 Å². The number of nitrogens with two attached hydrogens (primary N) is 5. The van der Waals surface area contributed by atoms with Crippen molar-refractivity contribution in [2.24, 2.45) is 27.3 Å². The van der Waals surface area contributed by atoms with Gasteiger partial charge in [0.05, 0.1) is 5.69 Å². The van der Waals surface area contributed by atoms with E-state index in [0.29, 0.717) is 13.1 Å². The van der Waals surface area contributed by atoms with E-state index in [4.69, 9.17) is 40.3 Å². The van der Waals surface area contributed by atoms with Gasteiger partial charge in [0, 0.05) is 13.1 Å². The minimum absolute atomic E-state index is 0.00231. The van der Waals surface area contributed by atoms with Gasteiger partial charge < -0.3 is 28.7 Å². The second-order valence-corrected chi connectivity index (χ2v) is 7.04. The van der Waals surface area contributed by atoms with Gasteiger partial charge in [0.2, 0.25) is 5.96 Å². The molecule has 1 aromatic carbocycles. The van der Waals surface area contributed by atoms with E-state index in [2.05, 4.69) is 25.4 Å². The van der Waals surface area contributed by atoms with E-state index in [9.17, 15) is 4.79 Å². The Kier molecular flexibility index (Phi) is 8.83. The third-order valence-corrected chi connectivity index (χ3v) is 4.58. The molecule has 1 aromatic heterocycles. The number of aromatic nitrogens is 2. The molecule has 12 nitrogen and oxygen atoms in total. The molecule has 2 rings (SSSR count). The number of amides is 1. The van der Waals surface area contributed by atoms with Gasteiger partial charge in [0.25, 0.3) is 5.91 Å². The molecular weight excluding hydrogens is 434 g/mol. The number of hydrazone groups is 1. The molecular formula is C19H28ClN11O. The number of aliphatic imine (C=N–C) groups is 1. The average Bonchev–Trinajstić information content (AvgIpc) is 2.74. The minimum atomic E-state index is -0.675. The normalized spacial score (nSPS) is 11.1. The highest BCUT2D eigenvalue weighted by molar-refractivity contribution is 6.31. The van der Waals surface area contributed by atoms with Crippen LogP contribution in [0.5, 0.6) is 0 Å². The smallest absolute Gasteiger partial charge is 0.280 e. The highest BCUT2D eigenvalue weighted by Crippen LogP contribution is 2.22. The number of hydrogen-bond acceptors (Lipinski definition) is 8. The lowest BCUT2D eigenvalue weighted by molar-refractivity contribution is 0.0972. The monoisotopic (exact) mass is 461 g/mol. The fraction of sp³-hybridized carbons (Fsp3) is 0.316. The zero-order chi connectivity index (χ0) is 23.7. The van der Waals surface area contributed by atoms with Crippen molar-refractivity contribution < 1.29 is 4.79 Å². The molecule has 0 aliphatic carbocycles. The summed E-state index contributed by atoms with van der Waals surface area (Å²) in [5, 5.41) is 8.19. The Balaban J connectivity index is 1.89. The van der Waals surface area contributed by atoms with E-state index >= 15 is 0 Å². The van der Waals surface area contributed by atoms with Crippen LogP contribution in [0.25, 0.3) is 0 Å². The van der Waals surface area contributed by atoms with Crippen LogP contribution >= 0.6 is 11.6 Å². The van der Waals surface area contributed by atoms with Crippen LogP contribution in [0.1, 0.15) is 35.8 Å². The number of nitrogens with zero attached hydrogens (tertiary/aromatic N) is 5. The van der Waals surface area contributed by atoms with Gasteiger partial charge in [0.15, 0.2) is 28.4 Å². The van der Waals surface area contributed by atoms with Crippen LogP contribution in [0.2, 0.25) is 5.15 Å². The van der Waals surface area contributed by atoms with Gasteiger partial charge in [-0.15, -0.1) is 5.10 Å². The van der Waals surface area contributed by atoms with E-state index in [1.165, 1.54) is 0 Å². The molecule has 172 valence electrons. The van der Waals surface area contributed by atoms with E-state index in [1.807, 2.05) is 31.2 Å². The maximum absolute atomic E-state index is 12.2. The third-order valence-electron chi connectivity index (χ3n) is 4.30. The number of unbranched alkanes of at least 4 members (excludes halogenated alkanes) is 1. The predicted molar refractivity (Wildman–Crippen MR) is 128 cm³/mol. The van der Waals surface area contributed by atoms with Crippen LogP contribution in [-0.2, 0) is 6.42 Å². The van der Waals surface area contributed by atoms with Crippen LogP contribution in [0.15, 0.2) is 34.4 Å². The summed E-state index contributed by atoms with van der Waals surface area (Å²) in [6.07, 6.45) is 2.38. The summed E-state index contributed by atoms with van der Waals surface area (Å²) >= 11 is 5.78. The topological polar surface area (TPSA) is 213 Å². The Hall–Kier alpha value is -3.80. The molecule has 1 heterocycles. The third kappa shape index (κ3) is 6.87. The molecule has 0 aliphatic heterocycles. The number of aryl methyl sites for hydroxylation is 1. The highest BCUT2D eigenvalue weighted by atomic mass is 35.5. The molecule has 0 bridgehead atoms. The lowest BCUT2D eigenvalue weighted by atomic mass is 10.1. The molecule has 2 aromatic rings. The van der Waals surface area contributed by atoms with Crippen molar-refractivity contribution in [2.75, 3.05) is 29.6 Å². The molecule has 1 amide bonds. The first-order valence-electron chi connectivity index (χ1n) is 9.87. The van der Waals surface area contributed by atoms with Crippen molar-refractivity contribution >= 4 is 46.8 Å². The van der Waals surface area contributed by atoms with E-state index in [-0.39, 0.29) is 34.4 Å². The zero-order valence-electron chi connectivity index (χ0n) is 17.8. The van der Waals surface area contributed by atoms with Gasteiger partial charge in [-0.05, 0) is 37.8 Å². The fourth-order valence-corrected chi connectivity index (χ4v) is 2.99. The molecule has 0 saturated carbocycles. The molecule has 0 atom stereocenters. The first kappa shape index (κ1) is 24.5. The van der Waals surface area contributed by atoms with Crippen molar-refractivity contribution in [3.8, 4) is 0 Å². The van der Waals surface area contributed by atoms with Crippen LogP contribution in [0, 0.1) is 0 Å². The number of benzene rings is 1. The number of guanidine groups is 2. The van der Waals surface area contributed by atoms with Crippen molar-refractivity contribution in [3.05, 3.63) is 40.7 Å². The average molecular weight is 462 g/mol. The molecule has 0 aliphatic rings. The van der Waals surface area contributed by atoms with Gasteiger partial charge in [-0.2, -0.15) is 0 Å². The number of nitrogens with one attached hydrogen (secondary N) is 1. The van der Waals surface area contributed by atoms with Crippen molar-refractivity contribution in [1.82, 2.24) is 15.3 Å². The second kappa shape index (κ2) is 11.6. The molecule has 0 fully saturated rings. The summed E-state index contributed by atoms with van der Waals surface area (Å²) in [5.74, 6) is -0.953. The molecule has 0 spiro atoms. The number of carbonyl (C=O) groups is 1. The summed E-state index contributed by atoms with van der Waals surface area (Å²) in [5.41, 5.74) is 29.8. The summed E-state index contributed by atoms with van der Waals surface area (Å²) in [6, 6.07) is 7.89. The van der Waals surface area contributed by atoms with Crippen molar-refractivity contribution in [2.45, 2.75) is 26.2 Å². The fourth-order valence-electron chi connectivity index (χ4n) is 2.86. The largest absolute Gasteiger partial charge is 0.382 e. The predicted octanol–water partition coefficient (Wildman–Crippen LogP) is 0.377. The SMILES string of the molecule is CCN(N=C(N)N)c1ccccc1CCCCN=C(N)NC(=O)c1nc(Cl)c(N)nc1N. The Labute approximate surface area is 190 Å². The Morgan fingerprint density at radius 2 is 1.84 bits per heavy atom. The van der Waals surface area contributed by atoms with Crippen molar-refractivity contribution in [1.29, 1.82) is 0 Å². The molecule has 11 N–H and O–H groups in total. The summed E-state index contributed by atoms with van der Waals surface area (Å²) < 4.78 is 0. The lowest BCUT2D eigenvalue weighted by Crippen LogP contribution is -2.38. The number of carbonyl (C=O) groups excluding carboxylic acids is 1. The summed E-state index contributed by atoms with van der Waals surface area (Å²) in [4.78, 5) is 24.0. The summed E-state index contributed by atoms with van der Waals surface area (Å²) in [7, 11) is 0. The number of halogens is 1. The standard InChI is InChI=1S/C19H28ClN11O/c1-2-31(30-18(23)24)12-9-4-3-7-11(12)8-5-6-10-26-19(25)29-17(32)13-15(21)28-16(22)14(20)27-13/h3-4,7,9H,2,5-6,8,10H2,1H3,(H4,21,22,28)(H4,23,24,30)(H3,25,26,29,32). The minimum Gasteiger partial charge on any atom is -0.382 e. The van der Waals surface area contributed by atoms with Crippen LogP contribution in [0.3, 0.4) is 0 Å². The molecule has 0 saturated heterocycles. The first-order valence-corrected chi connectivity index (χ1v) is 10.3. The first-order chi connectivity index (χ1) is 15.2. The maximum Gasteiger partial charge on any atom is 0.280 e. The van der Waals surface area contributed by atoms with Gasteiger partial charge in [-0.3, -0.25) is 20.1 Å². The van der Waals surface area contributed by atoms with Crippen LogP contribution < -0.4 is 39.0 Å². The van der Waals surface area contributed by atoms with E-state index in [0.717, 1.165) is 30.5 Å². The number of rotatable bonds is 9. The molecule has 13 heteroatoms. The molecule has 32 heavy (non-hydrogen) atoms. The number of anilines is 3. The number of nitrogen functional groups attached to an aromatic ring is 2. The number of para-hydroxylation sites is 1. The van der Waals surface area contributed by atoms with Gasteiger partial charge in [-0.25, -0.2) is 9.97 Å². The number of hydrogen-bond donors (Lipinski definition) is 6. The van der Waals surface area contributed by atoms with Crippen LogP contribution in [-0.4, -0.2) is 40.9 Å². The Bertz CT molecular complexity index is 1000. The van der Waals surface area contributed by atoms with Gasteiger partial charge >= 0.3 is 0 Å². The molecule has 0 radical (unpaired) electrons.